The van der Waals surface area contributed by atoms with Crippen LogP contribution >= 0.6 is 0 Å². The Hall–Kier alpha value is -4.18. The molecule has 2 atom stereocenters. The van der Waals surface area contributed by atoms with Crippen molar-refractivity contribution in [3.63, 3.8) is 0 Å². The molecule has 1 aromatic heterocycles. The molecular weight excluding hydrogens is 454 g/mol. The van der Waals surface area contributed by atoms with Crippen LogP contribution < -0.4 is 4.74 Å². The average molecular weight is 480 g/mol. The van der Waals surface area contributed by atoms with E-state index in [9.17, 15) is 9.59 Å². The second kappa shape index (κ2) is 8.20. The summed E-state index contributed by atoms with van der Waals surface area (Å²) in [5, 5.41) is 8.98. The summed E-state index contributed by atoms with van der Waals surface area (Å²) in [6.45, 7) is 2.90. The molecule has 1 spiro atoms. The minimum absolute atomic E-state index is 0.0950. The lowest BCUT2D eigenvalue weighted by molar-refractivity contribution is -0.134. The molecule has 0 N–H and O–H groups in total. The number of hydrogen-bond acceptors (Lipinski definition) is 6. The van der Waals surface area contributed by atoms with Gasteiger partial charge in [-0.1, -0.05) is 24.3 Å². The first-order valence-electron chi connectivity index (χ1n) is 12.2. The van der Waals surface area contributed by atoms with E-state index in [0.717, 1.165) is 35.3 Å². The Morgan fingerprint density at radius 2 is 1.86 bits per heavy atom. The molecule has 7 heteroatoms. The number of ether oxygens (including phenoxy) is 2. The van der Waals surface area contributed by atoms with Crippen LogP contribution in [0.15, 0.2) is 67.0 Å². The maximum atomic E-state index is 13.7. The highest BCUT2D eigenvalue weighted by atomic mass is 16.6. The molecule has 0 radical (unpaired) electrons. The number of pyridine rings is 1. The third-order valence-electron chi connectivity index (χ3n) is 7.73. The summed E-state index contributed by atoms with van der Waals surface area (Å²) in [5.74, 6) is 0.457. The number of amides is 1. The Morgan fingerprint density at radius 1 is 1.11 bits per heavy atom. The molecule has 180 valence electrons. The van der Waals surface area contributed by atoms with Crippen LogP contribution in [-0.2, 0) is 20.5 Å². The van der Waals surface area contributed by atoms with Crippen LogP contribution in [0, 0.1) is 11.3 Å². The number of benzene rings is 2. The molecule has 2 unspecified atom stereocenters. The SMILES string of the molecule is CC(Oc1ccc(C2(C(=O)N3CCC4(C3)OC(=O)c3cnccc34)CC2)cc1)c1ccc(C#N)cc1. The predicted molar refractivity (Wildman–Crippen MR) is 130 cm³/mol. The second-order valence-electron chi connectivity index (χ2n) is 9.88. The Labute approximate surface area is 209 Å². The van der Waals surface area contributed by atoms with E-state index in [-0.39, 0.29) is 18.0 Å². The minimum Gasteiger partial charge on any atom is -0.486 e. The molecule has 3 aliphatic rings. The molecule has 7 nitrogen and oxygen atoms in total. The van der Waals surface area contributed by atoms with Crippen molar-refractivity contribution in [2.24, 2.45) is 0 Å². The van der Waals surface area contributed by atoms with Crippen LogP contribution in [0.4, 0.5) is 0 Å². The minimum atomic E-state index is -0.764. The van der Waals surface area contributed by atoms with E-state index in [1.807, 2.05) is 54.3 Å². The maximum absolute atomic E-state index is 13.7. The highest BCUT2D eigenvalue weighted by Gasteiger charge is 2.57. The van der Waals surface area contributed by atoms with Crippen molar-refractivity contribution in [3.05, 3.63) is 94.8 Å². The Morgan fingerprint density at radius 3 is 2.56 bits per heavy atom. The van der Waals surface area contributed by atoms with Crippen molar-refractivity contribution in [3.8, 4) is 11.8 Å². The van der Waals surface area contributed by atoms with Crippen LogP contribution in [-0.4, -0.2) is 34.8 Å². The van der Waals surface area contributed by atoms with E-state index in [2.05, 4.69) is 11.1 Å². The second-order valence-corrected chi connectivity index (χ2v) is 9.88. The normalized spacial score (nSPS) is 22.0. The lowest BCUT2D eigenvalue weighted by Crippen LogP contribution is -2.40. The van der Waals surface area contributed by atoms with Crippen molar-refractivity contribution in [1.29, 1.82) is 5.26 Å². The van der Waals surface area contributed by atoms with E-state index < -0.39 is 11.0 Å². The zero-order chi connectivity index (χ0) is 24.9. The smallest absolute Gasteiger partial charge is 0.341 e. The van der Waals surface area contributed by atoms with Gasteiger partial charge >= 0.3 is 5.97 Å². The summed E-state index contributed by atoms with van der Waals surface area (Å²) in [6, 6.07) is 19.1. The summed E-state index contributed by atoms with van der Waals surface area (Å²) < 4.78 is 11.9. The molecule has 3 heterocycles. The summed E-state index contributed by atoms with van der Waals surface area (Å²) >= 11 is 0. The van der Waals surface area contributed by atoms with Gasteiger partial charge in [-0.2, -0.15) is 5.26 Å². The first-order chi connectivity index (χ1) is 17.4. The Balaban J connectivity index is 1.15. The first-order valence-corrected chi connectivity index (χ1v) is 12.2. The molecule has 1 saturated carbocycles. The summed E-state index contributed by atoms with van der Waals surface area (Å²) in [4.78, 5) is 32.0. The van der Waals surface area contributed by atoms with Crippen LogP contribution in [0.2, 0.25) is 0 Å². The molecular formula is C29H25N3O4. The standard InChI is InChI=1S/C29H25N3O4/c1-19(21-4-2-20(16-30)3-5-21)35-23-8-6-22(7-9-23)28(11-12-28)27(34)32-15-13-29(18-32)25-10-14-31-17-24(25)26(33)36-29/h2-10,14,17,19H,11-13,15,18H2,1H3. The fourth-order valence-electron chi connectivity index (χ4n) is 5.51. The molecule has 1 saturated heterocycles. The van der Waals surface area contributed by atoms with Gasteiger partial charge in [-0.05, 0) is 61.2 Å². The van der Waals surface area contributed by atoms with E-state index in [4.69, 9.17) is 14.7 Å². The number of aromatic nitrogens is 1. The van der Waals surface area contributed by atoms with Crippen LogP contribution in [0.1, 0.15) is 64.9 Å². The maximum Gasteiger partial charge on any atom is 0.341 e. The van der Waals surface area contributed by atoms with Crippen molar-refractivity contribution < 1.29 is 19.1 Å². The number of rotatable bonds is 5. The third-order valence-corrected chi connectivity index (χ3v) is 7.73. The number of fused-ring (bicyclic) bond motifs is 2. The van der Waals surface area contributed by atoms with E-state index >= 15 is 0 Å². The molecule has 2 fully saturated rings. The molecule has 1 amide bonds. The summed E-state index contributed by atoms with van der Waals surface area (Å²) in [5.41, 5.74) is 2.64. The number of nitrogens with zero attached hydrogens (tertiary/aromatic N) is 3. The zero-order valence-electron chi connectivity index (χ0n) is 19.9. The predicted octanol–water partition coefficient (Wildman–Crippen LogP) is 4.42. The fourth-order valence-corrected chi connectivity index (χ4v) is 5.51. The lowest BCUT2D eigenvalue weighted by atomic mass is 9.92. The molecule has 2 aromatic carbocycles. The molecule has 1 aliphatic carbocycles. The highest BCUT2D eigenvalue weighted by Crippen LogP contribution is 2.52. The molecule has 0 bridgehead atoms. The van der Waals surface area contributed by atoms with Gasteiger partial charge in [0.25, 0.3) is 0 Å². The fraction of sp³-hybridized carbons (Fsp3) is 0.310. The summed E-state index contributed by atoms with van der Waals surface area (Å²) in [6.07, 6.45) is 5.24. The van der Waals surface area contributed by atoms with E-state index in [1.165, 1.54) is 0 Å². The third kappa shape index (κ3) is 3.53. The van der Waals surface area contributed by atoms with E-state index in [0.29, 0.717) is 30.6 Å². The number of esters is 1. The topological polar surface area (TPSA) is 92.5 Å². The van der Waals surface area contributed by atoms with Gasteiger partial charge in [0.05, 0.1) is 29.2 Å². The van der Waals surface area contributed by atoms with Gasteiger partial charge in [0.15, 0.2) is 5.60 Å². The number of hydrogen-bond donors (Lipinski definition) is 0. The van der Waals surface area contributed by atoms with E-state index in [1.54, 1.807) is 24.5 Å². The van der Waals surface area contributed by atoms with Gasteiger partial charge in [0.1, 0.15) is 11.9 Å². The zero-order valence-corrected chi connectivity index (χ0v) is 19.9. The molecule has 3 aromatic rings. The van der Waals surface area contributed by atoms with Gasteiger partial charge in [-0.3, -0.25) is 9.78 Å². The van der Waals surface area contributed by atoms with Gasteiger partial charge in [-0.15, -0.1) is 0 Å². The highest BCUT2D eigenvalue weighted by molar-refractivity contribution is 5.95. The molecule has 36 heavy (non-hydrogen) atoms. The number of carbonyl (C=O) groups is 2. The van der Waals surface area contributed by atoms with Crippen molar-refractivity contribution >= 4 is 11.9 Å². The van der Waals surface area contributed by atoms with Gasteiger partial charge in [0.2, 0.25) is 5.91 Å². The number of carbonyl (C=O) groups excluding carboxylic acids is 2. The number of nitriles is 1. The quantitative estimate of drug-likeness (QED) is 0.503. The largest absolute Gasteiger partial charge is 0.486 e. The van der Waals surface area contributed by atoms with Crippen LogP contribution in [0.3, 0.4) is 0 Å². The first kappa shape index (κ1) is 22.3. The molecule has 2 aliphatic heterocycles. The molecule has 6 rings (SSSR count). The Bertz CT molecular complexity index is 1390. The van der Waals surface area contributed by atoms with Crippen molar-refractivity contribution in [1.82, 2.24) is 9.88 Å². The monoisotopic (exact) mass is 479 g/mol. The van der Waals surface area contributed by atoms with Crippen molar-refractivity contribution in [2.75, 3.05) is 13.1 Å². The van der Waals surface area contributed by atoms with Gasteiger partial charge in [0, 0.05) is 30.9 Å². The average Bonchev–Trinajstić information content (AvgIpc) is 3.54. The van der Waals surface area contributed by atoms with Gasteiger partial charge < -0.3 is 14.4 Å². The summed E-state index contributed by atoms with van der Waals surface area (Å²) in [7, 11) is 0. The van der Waals surface area contributed by atoms with Gasteiger partial charge in [-0.25, -0.2) is 4.79 Å². The van der Waals surface area contributed by atoms with Crippen molar-refractivity contribution in [2.45, 2.75) is 43.3 Å². The van der Waals surface area contributed by atoms with Crippen LogP contribution in [0.5, 0.6) is 5.75 Å². The van der Waals surface area contributed by atoms with Crippen LogP contribution in [0.25, 0.3) is 0 Å². The number of likely N-dealkylation sites (tertiary alicyclic amines) is 1. The Kier molecular flexibility index (Phi) is 5.08. The lowest BCUT2D eigenvalue weighted by Gasteiger charge is -2.27.